The van der Waals surface area contributed by atoms with Crippen LogP contribution in [0.4, 0.5) is 0 Å². The van der Waals surface area contributed by atoms with Crippen LogP contribution in [0.5, 0.6) is 5.75 Å². The maximum atomic E-state index is 12.6. The van der Waals surface area contributed by atoms with Crippen molar-refractivity contribution in [1.82, 2.24) is 10.6 Å². The van der Waals surface area contributed by atoms with Crippen molar-refractivity contribution in [3.63, 3.8) is 0 Å². The molecule has 0 heterocycles. The third-order valence-corrected chi connectivity index (χ3v) is 6.41. The van der Waals surface area contributed by atoms with E-state index >= 15 is 0 Å². The number of amides is 1. The normalized spacial score (nSPS) is 18.6. The average molecular weight is 435 g/mol. The molecular formula is C23H31ClN2O2S. The van der Waals surface area contributed by atoms with E-state index in [0.717, 1.165) is 42.6 Å². The van der Waals surface area contributed by atoms with Gasteiger partial charge in [0.1, 0.15) is 5.75 Å². The zero-order valence-electron chi connectivity index (χ0n) is 17.4. The summed E-state index contributed by atoms with van der Waals surface area (Å²) in [5.74, 6) is 1.09. The average Bonchev–Trinajstić information content (AvgIpc) is 2.77. The van der Waals surface area contributed by atoms with Gasteiger partial charge in [-0.2, -0.15) is 0 Å². The summed E-state index contributed by atoms with van der Waals surface area (Å²) >= 11 is 1.74. The van der Waals surface area contributed by atoms with Gasteiger partial charge >= 0.3 is 0 Å². The van der Waals surface area contributed by atoms with Crippen LogP contribution in [0.15, 0.2) is 47.4 Å². The molecule has 0 spiro atoms. The highest BCUT2D eigenvalue weighted by Gasteiger charge is 2.25. The highest BCUT2D eigenvalue weighted by atomic mass is 35.5. The lowest BCUT2D eigenvalue weighted by molar-refractivity contribution is -0.126. The second-order valence-electron chi connectivity index (χ2n) is 7.31. The monoisotopic (exact) mass is 434 g/mol. The van der Waals surface area contributed by atoms with Gasteiger partial charge in [0, 0.05) is 29.0 Å². The van der Waals surface area contributed by atoms with Gasteiger partial charge in [-0.1, -0.05) is 18.2 Å². The first-order valence-corrected chi connectivity index (χ1v) is 11.1. The van der Waals surface area contributed by atoms with Gasteiger partial charge in [-0.15, -0.1) is 24.2 Å². The molecule has 0 aromatic heterocycles. The van der Waals surface area contributed by atoms with Crippen LogP contribution in [0.2, 0.25) is 0 Å². The molecule has 158 valence electrons. The lowest BCUT2D eigenvalue weighted by Crippen LogP contribution is -2.37. The standard InChI is InChI=1S/C23H30N2O2S.ClH/c1-24-20-9-4-17(5-10-20)23(26)25-15-19-14-18(8-13-22(19)27-2)16-6-11-21(28-3)12-7-16;/h6-8,11-14,17,20,24H,4-5,9-10,15H2,1-3H3,(H,25,26);1H. The Balaban J connectivity index is 0.00000300. The fraction of sp³-hybridized carbons (Fsp3) is 0.435. The van der Waals surface area contributed by atoms with Gasteiger partial charge in [0.05, 0.1) is 7.11 Å². The Bertz CT molecular complexity index is 790. The summed E-state index contributed by atoms with van der Waals surface area (Å²) in [6.45, 7) is 0.491. The Hall–Kier alpha value is -1.69. The van der Waals surface area contributed by atoms with Crippen LogP contribution in [0.25, 0.3) is 11.1 Å². The predicted octanol–water partition coefficient (Wildman–Crippen LogP) is 4.90. The fourth-order valence-electron chi connectivity index (χ4n) is 3.85. The molecule has 2 N–H and O–H groups in total. The first-order valence-electron chi connectivity index (χ1n) is 9.91. The van der Waals surface area contributed by atoms with Gasteiger partial charge in [-0.25, -0.2) is 0 Å². The van der Waals surface area contributed by atoms with Crippen molar-refractivity contribution >= 4 is 30.1 Å². The van der Waals surface area contributed by atoms with Gasteiger partial charge in [0.25, 0.3) is 0 Å². The van der Waals surface area contributed by atoms with Crippen molar-refractivity contribution in [3.05, 3.63) is 48.0 Å². The van der Waals surface area contributed by atoms with Gasteiger partial charge in [-0.3, -0.25) is 4.79 Å². The number of hydrogen-bond donors (Lipinski definition) is 2. The Labute approximate surface area is 184 Å². The second-order valence-corrected chi connectivity index (χ2v) is 8.19. The van der Waals surface area contributed by atoms with Crippen LogP contribution in [0.3, 0.4) is 0 Å². The van der Waals surface area contributed by atoms with Crippen LogP contribution in [-0.4, -0.2) is 32.4 Å². The minimum Gasteiger partial charge on any atom is -0.496 e. The van der Waals surface area contributed by atoms with E-state index in [1.807, 2.05) is 13.1 Å². The molecule has 2 aromatic rings. The van der Waals surface area contributed by atoms with Crippen molar-refractivity contribution in [2.45, 2.75) is 43.2 Å². The number of carbonyl (C=O) groups excluding carboxylic acids is 1. The summed E-state index contributed by atoms with van der Waals surface area (Å²) in [4.78, 5) is 13.9. The second kappa shape index (κ2) is 11.5. The molecule has 3 rings (SSSR count). The molecule has 0 atom stereocenters. The van der Waals surface area contributed by atoms with Crippen molar-refractivity contribution in [3.8, 4) is 16.9 Å². The fourth-order valence-corrected chi connectivity index (χ4v) is 4.26. The lowest BCUT2D eigenvalue weighted by atomic mass is 9.85. The zero-order valence-corrected chi connectivity index (χ0v) is 19.0. The maximum Gasteiger partial charge on any atom is 0.223 e. The molecule has 1 aliphatic rings. The highest BCUT2D eigenvalue weighted by molar-refractivity contribution is 7.98. The molecule has 29 heavy (non-hydrogen) atoms. The predicted molar refractivity (Wildman–Crippen MR) is 124 cm³/mol. The van der Waals surface area contributed by atoms with Gasteiger partial charge in [0.15, 0.2) is 0 Å². The van der Waals surface area contributed by atoms with E-state index in [2.05, 4.69) is 53.3 Å². The van der Waals surface area contributed by atoms with E-state index in [1.54, 1.807) is 18.9 Å². The van der Waals surface area contributed by atoms with E-state index in [1.165, 1.54) is 10.5 Å². The Kier molecular flexibility index (Phi) is 9.34. The Morgan fingerprint density at radius 3 is 2.31 bits per heavy atom. The molecular weight excluding hydrogens is 404 g/mol. The third-order valence-electron chi connectivity index (χ3n) is 5.66. The number of carbonyl (C=O) groups is 1. The molecule has 6 heteroatoms. The molecule has 2 aromatic carbocycles. The Morgan fingerprint density at radius 2 is 1.72 bits per heavy atom. The zero-order chi connectivity index (χ0) is 19.9. The van der Waals surface area contributed by atoms with Crippen LogP contribution in [-0.2, 0) is 11.3 Å². The number of thioether (sulfide) groups is 1. The summed E-state index contributed by atoms with van der Waals surface area (Å²) in [6, 6.07) is 15.3. The summed E-state index contributed by atoms with van der Waals surface area (Å²) in [7, 11) is 3.67. The smallest absolute Gasteiger partial charge is 0.223 e. The van der Waals surface area contributed by atoms with E-state index in [4.69, 9.17) is 4.74 Å². The largest absolute Gasteiger partial charge is 0.496 e. The quantitative estimate of drug-likeness (QED) is 0.608. The minimum atomic E-state index is 0. The van der Waals surface area contributed by atoms with Crippen LogP contribution in [0, 0.1) is 5.92 Å². The van der Waals surface area contributed by atoms with Crippen LogP contribution < -0.4 is 15.4 Å². The molecule has 1 saturated carbocycles. The SMILES string of the molecule is CNC1CCC(C(=O)NCc2cc(-c3ccc(SC)cc3)ccc2OC)CC1.Cl. The van der Waals surface area contributed by atoms with Crippen LogP contribution >= 0.6 is 24.2 Å². The van der Waals surface area contributed by atoms with Crippen molar-refractivity contribution in [1.29, 1.82) is 0 Å². The first kappa shape index (κ1) is 23.6. The highest BCUT2D eigenvalue weighted by Crippen LogP contribution is 2.29. The lowest BCUT2D eigenvalue weighted by Gasteiger charge is -2.27. The molecule has 0 unspecified atom stereocenters. The molecule has 0 radical (unpaired) electrons. The molecule has 1 aliphatic carbocycles. The van der Waals surface area contributed by atoms with E-state index in [-0.39, 0.29) is 24.2 Å². The van der Waals surface area contributed by atoms with Crippen LogP contribution in [0.1, 0.15) is 31.2 Å². The van der Waals surface area contributed by atoms with Crippen molar-refractivity contribution in [2.24, 2.45) is 5.92 Å². The van der Waals surface area contributed by atoms with Gasteiger partial charge < -0.3 is 15.4 Å². The number of rotatable bonds is 7. The molecule has 1 fully saturated rings. The summed E-state index contributed by atoms with van der Waals surface area (Å²) in [5.41, 5.74) is 3.30. The number of hydrogen-bond acceptors (Lipinski definition) is 4. The first-order chi connectivity index (χ1) is 13.6. The number of methoxy groups -OCH3 is 1. The number of halogens is 1. The molecule has 4 nitrogen and oxygen atoms in total. The van der Waals surface area contributed by atoms with Crippen molar-refractivity contribution < 1.29 is 9.53 Å². The summed E-state index contributed by atoms with van der Waals surface area (Å²) < 4.78 is 5.52. The minimum absolute atomic E-state index is 0. The molecule has 0 saturated heterocycles. The number of benzene rings is 2. The number of ether oxygens (including phenoxy) is 1. The Morgan fingerprint density at radius 1 is 1.07 bits per heavy atom. The van der Waals surface area contributed by atoms with E-state index < -0.39 is 0 Å². The molecule has 0 aliphatic heterocycles. The van der Waals surface area contributed by atoms with Crippen molar-refractivity contribution in [2.75, 3.05) is 20.4 Å². The molecule has 0 bridgehead atoms. The van der Waals surface area contributed by atoms with Gasteiger partial charge in [0.2, 0.25) is 5.91 Å². The third kappa shape index (κ3) is 6.14. The number of nitrogens with one attached hydrogen (secondary N) is 2. The summed E-state index contributed by atoms with van der Waals surface area (Å²) in [6.07, 6.45) is 6.12. The summed E-state index contributed by atoms with van der Waals surface area (Å²) in [5, 5.41) is 6.45. The topological polar surface area (TPSA) is 50.4 Å². The molecule has 1 amide bonds. The van der Waals surface area contributed by atoms with E-state index in [0.29, 0.717) is 12.6 Å². The van der Waals surface area contributed by atoms with Gasteiger partial charge in [-0.05, 0) is 74.4 Å². The maximum absolute atomic E-state index is 12.6. The van der Waals surface area contributed by atoms with E-state index in [9.17, 15) is 4.79 Å².